The van der Waals surface area contributed by atoms with E-state index in [9.17, 15) is 57.8 Å². The van der Waals surface area contributed by atoms with E-state index in [0.717, 1.165) is 80.6 Å². The van der Waals surface area contributed by atoms with E-state index in [0.29, 0.717) is 171 Å². The number of hydrogen-bond donors (Lipinski definition) is 10. The molecule has 810 valence electrons. The van der Waals surface area contributed by atoms with Crippen molar-refractivity contribution < 1.29 is 137 Å². The summed E-state index contributed by atoms with van der Waals surface area (Å²) in [6.45, 7) is 14.9. The molecule has 3 unspecified atom stereocenters. The number of aliphatic hydroxyl groups excluding tert-OH is 1. The Morgan fingerprint density at radius 1 is 0.644 bits per heavy atom. The van der Waals surface area contributed by atoms with Crippen LogP contribution in [0.5, 0.6) is 5.75 Å². The SMILES string of the molecule is CCCC1O[C@@H]2C[C@H]3[C@@H]4C[C@H](F)C5=CC(=O)C=C[C@]5(C)[C@@]4(F)[C@@H](O)C[C@]3(C)[C@]2(C(=O)COc2ccc(NC(=O)OCc3ccc(NC(=O)[C@H](CCCNC(N)=O)NC(=O)[C@@H](NC(=O)[C@@H](CCCCNC(=O)COC4CCCCCc5c4nnn5CCOCCOCCOCCOCCC(=O)CCC[N+](C)(C)C)NC(=O)CCOCCOCCOCCOCCNC(=O)OCC4[C@H]5CCC#CCC[C@@H]45)C(C)C)cc3)cc2)O1. The first kappa shape index (κ1) is 116. The van der Waals surface area contributed by atoms with Crippen molar-refractivity contribution in [1.29, 1.82) is 0 Å². The van der Waals surface area contributed by atoms with Gasteiger partial charge in [-0.05, 0) is 186 Å². The van der Waals surface area contributed by atoms with Gasteiger partial charge in [-0.1, -0.05) is 70.4 Å². The maximum absolute atomic E-state index is 18.1. The molecule has 11 rings (SSSR count). The van der Waals surface area contributed by atoms with Gasteiger partial charge in [0.25, 0.3) is 0 Å². The van der Waals surface area contributed by atoms with Crippen molar-refractivity contribution in [2.75, 3.05) is 183 Å². The number of urea groups is 1. The Bertz CT molecular complexity index is 4840. The lowest BCUT2D eigenvalue weighted by atomic mass is 9.44. The molecule has 4 saturated carbocycles. The highest BCUT2D eigenvalue weighted by Gasteiger charge is 2.80. The highest BCUT2D eigenvalue weighted by molar-refractivity contribution is 6.02. The summed E-state index contributed by atoms with van der Waals surface area (Å²) in [6.07, 6.45) is 8.39. The number of quaternary nitrogens is 1. The van der Waals surface area contributed by atoms with Crippen LogP contribution in [0.3, 0.4) is 0 Å². The number of rotatable bonds is 65. The zero-order valence-corrected chi connectivity index (χ0v) is 86.2. The van der Waals surface area contributed by atoms with Gasteiger partial charge in [-0.3, -0.25) is 43.7 Å². The molecular formula is C105H156F2N13O26+. The number of unbranched alkanes of at least 4 members (excludes halogenated alkanes) is 1. The van der Waals surface area contributed by atoms with E-state index < -0.39 is 149 Å². The monoisotopic (exact) mass is 2050 g/mol. The molecule has 9 amide bonds. The number of carbonyl (C=O) groups excluding carboxylic acids is 11. The molecular weight excluding hydrogens is 1900 g/mol. The van der Waals surface area contributed by atoms with Crippen LogP contribution in [-0.4, -0.2) is 317 Å². The van der Waals surface area contributed by atoms with E-state index in [1.165, 1.54) is 43.3 Å². The predicted molar refractivity (Wildman–Crippen MR) is 531 cm³/mol. The van der Waals surface area contributed by atoms with Crippen LogP contribution in [0.1, 0.15) is 199 Å². The second kappa shape index (κ2) is 58.2. The van der Waals surface area contributed by atoms with E-state index in [1.54, 1.807) is 45.0 Å². The van der Waals surface area contributed by atoms with Gasteiger partial charge in [0, 0.05) is 86.3 Å². The number of primary amides is 1. The molecule has 0 bridgehead atoms. The Morgan fingerprint density at radius 2 is 1.27 bits per heavy atom. The van der Waals surface area contributed by atoms with E-state index in [2.05, 4.69) is 85.8 Å². The largest absolute Gasteiger partial charge is 0.486 e. The van der Waals surface area contributed by atoms with Crippen molar-refractivity contribution in [2.45, 2.75) is 256 Å². The van der Waals surface area contributed by atoms with Crippen molar-refractivity contribution in [3.8, 4) is 17.6 Å². The van der Waals surface area contributed by atoms with Gasteiger partial charge < -0.3 is 119 Å². The van der Waals surface area contributed by atoms with Crippen molar-refractivity contribution in [3.05, 3.63) is 89.3 Å². The maximum atomic E-state index is 18.1. The first-order valence-corrected chi connectivity index (χ1v) is 52.2. The molecule has 1 aromatic heterocycles. The van der Waals surface area contributed by atoms with Gasteiger partial charge in [0.15, 0.2) is 23.3 Å². The van der Waals surface area contributed by atoms with E-state index in [-0.39, 0.29) is 134 Å². The van der Waals surface area contributed by atoms with Crippen molar-refractivity contribution in [3.63, 3.8) is 0 Å². The van der Waals surface area contributed by atoms with Gasteiger partial charge in [-0.25, -0.2) is 27.8 Å². The summed E-state index contributed by atoms with van der Waals surface area (Å²) in [7, 11) is 6.33. The lowest BCUT2D eigenvalue weighted by Crippen LogP contribution is -2.71. The molecule has 39 nitrogen and oxygen atoms in total. The molecule has 1 saturated heterocycles. The molecule has 41 heteroatoms. The second-order valence-corrected chi connectivity index (χ2v) is 40.7. The van der Waals surface area contributed by atoms with Crippen LogP contribution in [0.25, 0.3) is 0 Å². The van der Waals surface area contributed by atoms with Gasteiger partial charge >= 0.3 is 18.2 Å². The Labute approximate surface area is 854 Å². The minimum Gasteiger partial charge on any atom is -0.486 e. The number of alkyl halides is 2. The smallest absolute Gasteiger partial charge is 0.411 e. The number of nitrogens with two attached hydrogens (primary N) is 1. The van der Waals surface area contributed by atoms with Gasteiger partial charge in [-0.15, -0.1) is 16.9 Å². The molecule has 8 aliphatic rings. The number of alkyl carbamates (subject to hydrolysis) is 1. The van der Waals surface area contributed by atoms with Gasteiger partial charge in [-0.2, -0.15) is 0 Å². The molecule has 1 aliphatic heterocycles. The summed E-state index contributed by atoms with van der Waals surface area (Å²) >= 11 is 0. The van der Waals surface area contributed by atoms with Crippen molar-refractivity contribution in [1.82, 2.24) is 46.9 Å². The number of ether oxygens (including phenoxy) is 14. The quantitative estimate of drug-likeness (QED) is 0.0143. The average Bonchev–Trinajstić information content (AvgIpc) is 1.46. The summed E-state index contributed by atoms with van der Waals surface area (Å²) in [5.74, 6) is 2.19. The second-order valence-electron chi connectivity index (χ2n) is 40.7. The normalized spacial score (nSPS) is 24.8. The number of nitrogens with zero attached hydrogens (tertiary/aromatic N) is 4. The van der Waals surface area contributed by atoms with Crippen molar-refractivity contribution in [2.24, 2.45) is 52.1 Å². The minimum atomic E-state index is -2.37. The average molecular weight is 2050 g/mol. The van der Waals surface area contributed by atoms with Crippen LogP contribution < -0.4 is 53.0 Å². The summed E-state index contributed by atoms with van der Waals surface area (Å²) < 4.78 is 119. The Balaban J connectivity index is 0.616. The molecule has 5 fully saturated rings. The first-order chi connectivity index (χ1) is 70.2. The van der Waals surface area contributed by atoms with Gasteiger partial charge in [0.1, 0.15) is 67.4 Å². The molecule has 3 aromatic rings. The van der Waals surface area contributed by atoms with E-state index >= 15 is 8.78 Å². The molecule has 0 radical (unpaired) electrons. The molecule has 2 aromatic carbocycles. The van der Waals surface area contributed by atoms with E-state index in [4.69, 9.17) is 72.0 Å². The summed E-state index contributed by atoms with van der Waals surface area (Å²) in [5.41, 5.74) is 1.19. The number of Topliss-reactive ketones (excluding diaryl/α,β-unsaturated/α-hetero) is 2. The van der Waals surface area contributed by atoms with Crippen LogP contribution in [0, 0.1) is 58.2 Å². The van der Waals surface area contributed by atoms with Crippen molar-refractivity contribution >= 4 is 76.5 Å². The molecule has 17 atom stereocenters. The number of aliphatic hydroxyl groups is 1. The predicted octanol–water partition coefficient (Wildman–Crippen LogP) is 8.98. The number of hydrogen-bond acceptors (Lipinski definition) is 28. The van der Waals surface area contributed by atoms with Crippen LogP contribution in [0.15, 0.2) is 72.3 Å². The third-order valence-electron chi connectivity index (χ3n) is 28.9. The lowest BCUT2D eigenvalue weighted by molar-refractivity contribution is -0.870. The lowest BCUT2D eigenvalue weighted by Gasteiger charge is -2.63. The summed E-state index contributed by atoms with van der Waals surface area (Å²) in [4.78, 5) is 147. The van der Waals surface area contributed by atoms with Crippen LogP contribution in [-0.2, 0) is 120 Å². The summed E-state index contributed by atoms with van der Waals surface area (Å²) in [5, 5.41) is 43.0. The molecule has 146 heavy (non-hydrogen) atoms. The molecule has 0 spiro atoms. The zero-order valence-electron chi connectivity index (χ0n) is 86.2. The Hall–Kier alpha value is -10.1. The van der Waals surface area contributed by atoms with Gasteiger partial charge in [0.2, 0.25) is 35.3 Å². The fourth-order valence-electron chi connectivity index (χ4n) is 21.1. The minimum absolute atomic E-state index is 0.00712. The van der Waals surface area contributed by atoms with Crippen LogP contribution in [0.4, 0.5) is 34.5 Å². The van der Waals surface area contributed by atoms with Crippen LogP contribution in [0.2, 0.25) is 0 Å². The number of fused-ring (bicyclic) bond motifs is 9. The highest BCUT2D eigenvalue weighted by atomic mass is 19.1. The number of anilines is 2. The molecule has 7 aliphatic carbocycles. The van der Waals surface area contributed by atoms with Crippen LogP contribution >= 0.6 is 0 Å². The van der Waals surface area contributed by atoms with Gasteiger partial charge in [0.05, 0.1) is 164 Å². The highest BCUT2D eigenvalue weighted by Crippen LogP contribution is 2.72. The third kappa shape index (κ3) is 34.0. The third-order valence-corrected chi connectivity index (χ3v) is 28.9. The molecule has 2 heterocycles. The fourth-order valence-corrected chi connectivity index (χ4v) is 21.1. The number of aromatic nitrogens is 3. The number of ketones is 3. The Kier molecular flexibility index (Phi) is 46.3. The number of carbonyl (C=O) groups is 11. The molecule has 11 N–H and O–H groups in total. The number of benzene rings is 2. The zero-order chi connectivity index (χ0) is 105. The number of halogens is 2. The Morgan fingerprint density at radius 3 is 1.92 bits per heavy atom. The maximum Gasteiger partial charge on any atom is 0.411 e. The standard InChI is InChI=1S/C105H155F2N13O26/c1-9-21-93-145-90-64-80-81-63-83(106)82-62-75(122)37-40-102(82,4)104(81,107)88(123)65-103(80,5)105(90,146-93)89(124)68-141-76-35-33-73(34-36-76)113-101(132)143-66-71-29-31-72(32-30-71)112-96(127)85(26-19-42-110-99(108)130)115-98(129)94(70(2)3)116-97(128)84(114-91(125)39-47-134-51-55-138-58-60-139-56-52-135-48-43-111-100(131)144-67-79-77-23-13-10-11-14-24-78(77)79)25-17-18-41-109-92(126)69-142-87-28-16-12-15-27-86-95(87)117-118-119(86)44-49-136-53-57-140-61-59-137-54-50-133-46-38-74(121)22-20-45-120(6,7)8/h29-37,40,62,70,77-81,83-85,87-88,90,93-94,123H,9,12-28,38-39,41-61,63-69H2,1-8H3,(H9-,108,109,110,111,112,113,114,115,116,125,126,127,128,129,130,131,132)/p+1/t77-,78+,79?,80-,81-,83-,84+,85-,87?,88-,90+,93?,94-,102-,103-,104-,105+/m0/s1. The number of allylic oxidation sites excluding steroid dienone is 4. The first-order valence-electron chi connectivity index (χ1n) is 52.2. The van der Waals surface area contributed by atoms with E-state index in [1.807, 2.05) is 11.6 Å². The topological polar surface area (TPSA) is 490 Å². The summed E-state index contributed by atoms with van der Waals surface area (Å²) in [6, 6.07) is 7.99. The fraction of sp³-hybridized carbons (Fsp3) is 0.705. The number of nitrogens with one attached hydrogen (secondary N) is 8. The number of amides is 9.